The van der Waals surface area contributed by atoms with E-state index in [0.29, 0.717) is 6.42 Å². The van der Waals surface area contributed by atoms with E-state index in [4.69, 9.17) is 0 Å². The van der Waals surface area contributed by atoms with Crippen LogP contribution in [0.3, 0.4) is 0 Å². The number of allylic oxidation sites excluding steroid dienone is 1. The van der Waals surface area contributed by atoms with E-state index in [1.54, 1.807) is 6.08 Å². The topological polar surface area (TPSA) is 26.3 Å². The second kappa shape index (κ2) is 5.35. The van der Waals surface area contributed by atoms with Crippen LogP contribution >= 0.6 is 0 Å². The normalized spacial score (nSPS) is 8.56. The van der Waals surface area contributed by atoms with E-state index < -0.39 is 0 Å². The van der Waals surface area contributed by atoms with E-state index in [9.17, 15) is 4.79 Å². The maximum Gasteiger partial charge on any atom is 0.305 e. The smallest absolute Gasteiger partial charge is 0.305 e. The molecule has 0 aliphatic rings. The average molecular weight is 127 g/mol. The predicted octanol–water partition coefficient (Wildman–Crippen LogP) is 1.68. The molecule has 0 aliphatic carbocycles. The molecule has 0 unspecified atom stereocenters. The number of carbonyl (C=O) groups excluding carboxylic acids is 1. The molecule has 0 amide bonds. The molecule has 0 saturated heterocycles. The fourth-order valence-electron chi connectivity index (χ4n) is 0.463. The van der Waals surface area contributed by atoms with Gasteiger partial charge in [0.1, 0.15) is 7.11 Å². The van der Waals surface area contributed by atoms with Crippen LogP contribution in [0, 0.1) is 7.11 Å². The second-order valence-electron chi connectivity index (χ2n) is 1.70. The summed E-state index contributed by atoms with van der Waals surface area (Å²) in [6.45, 7) is 3.52. The molecule has 0 rings (SSSR count). The lowest BCUT2D eigenvalue weighted by atomic mass is 10.2. The van der Waals surface area contributed by atoms with Crippen molar-refractivity contribution in [2.24, 2.45) is 0 Å². The molecule has 1 radical (unpaired) electrons. The van der Waals surface area contributed by atoms with Crippen molar-refractivity contribution in [3.63, 3.8) is 0 Å². The SMILES string of the molecule is [CH2]OC(=O)CCCC=C. The van der Waals surface area contributed by atoms with E-state index in [1.165, 1.54) is 0 Å². The van der Waals surface area contributed by atoms with Crippen LogP contribution in [0.1, 0.15) is 19.3 Å². The average Bonchev–Trinajstić information content (AvgIpc) is 1.89. The predicted molar refractivity (Wildman–Crippen MR) is 35.5 cm³/mol. The van der Waals surface area contributed by atoms with Crippen molar-refractivity contribution in [1.82, 2.24) is 0 Å². The van der Waals surface area contributed by atoms with Gasteiger partial charge < -0.3 is 4.74 Å². The lowest BCUT2D eigenvalue weighted by Gasteiger charge is -1.93. The van der Waals surface area contributed by atoms with Crippen LogP contribution in [0.2, 0.25) is 0 Å². The highest BCUT2D eigenvalue weighted by Gasteiger charge is 1.96. The summed E-state index contributed by atoms with van der Waals surface area (Å²) in [5.41, 5.74) is 0. The molecular formula is C7H11O2. The van der Waals surface area contributed by atoms with E-state index in [-0.39, 0.29) is 5.97 Å². The van der Waals surface area contributed by atoms with Gasteiger partial charge in [0.25, 0.3) is 0 Å². The van der Waals surface area contributed by atoms with Crippen LogP contribution in [0.5, 0.6) is 0 Å². The minimum Gasteiger partial charge on any atom is -0.462 e. The van der Waals surface area contributed by atoms with Crippen molar-refractivity contribution in [1.29, 1.82) is 0 Å². The monoisotopic (exact) mass is 127 g/mol. The maximum absolute atomic E-state index is 10.4. The minimum atomic E-state index is -0.253. The van der Waals surface area contributed by atoms with Crippen molar-refractivity contribution in [2.75, 3.05) is 0 Å². The standard InChI is InChI=1S/C7H11O2/c1-3-4-5-6-7(8)9-2/h3H,1-2,4-6H2. The maximum atomic E-state index is 10.4. The van der Waals surface area contributed by atoms with E-state index >= 15 is 0 Å². The lowest BCUT2D eigenvalue weighted by Crippen LogP contribution is -1.96. The number of unbranched alkanes of at least 4 members (excludes halogenated alkanes) is 1. The number of ether oxygens (including phenoxy) is 1. The van der Waals surface area contributed by atoms with Gasteiger partial charge in [-0.1, -0.05) is 6.08 Å². The number of hydrogen-bond acceptors (Lipinski definition) is 2. The number of hydrogen-bond donors (Lipinski definition) is 0. The highest BCUT2D eigenvalue weighted by molar-refractivity contribution is 5.69. The number of carbonyl (C=O) groups is 1. The molecule has 0 fully saturated rings. The Kier molecular flexibility index (Phi) is 4.88. The van der Waals surface area contributed by atoms with E-state index in [0.717, 1.165) is 12.8 Å². The molecule has 2 nitrogen and oxygen atoms in total. The highest BCUT2D eigenvalue weighted by atomic mass is 16.5. The zero-order valence-corrected chi connectivity index (χ0v) is 5.43. The molecule has 9 heavy (non-hydrogen) atoms. The van der Waals surface area contributed by atoms with Crippen LogP contribution in [-0.2, 0) is 9.53 Å². The van der Waals surface area contributed by atoms with Crippen molar-refractivity contribution >= 4 is 5.97 Å². The van der Waals surface area contributed by atoms with Crippen molar-refractivity contribution < 1.29 is 9.53 Å². The molecule has 0 N–H and O–H groups in total. The van der Waals surface area contributed by atoms with Crippen LogP contribution in [0.4, 0.5) is 0 Å². The summed E-state index contributed by atoms with van der Waals surface area (Å²) < 4.78 is 4.17. The van der Waals surface area contributed by atoms with Gasteiger partial charge in [-0.05, 0) is 12.8 Å². The molecule has 0 bridgehead atoms. The van der Waals surface area contributed by atoms with Gasteiger partial charge in [0.15, 0.2) is 0 Å². The molecular weight excluding hydrogens is 116 g/mol. The summed E-state index contributed by atoms with van der Waals surface area (Å²) in [5, 5.41) is 0. The Labute approximate surface area is 55.5 Å². The van der Waals surface area contributed by atoms with Crippen molar-refractivity contribution in [2.45, 2.75) is 19.3 Å². The summed E-state index contributed by atoms with van der Waals surface area (Å²) >= 11 is 0. The van der Waals surface area contributed by atoms with Crippen molar-refractivity contribution in [3.05, 3.63) is 19.8 Å². The number of rotatable bonds is 4. The third kappa shape index (κ3) is 5.07. The van der Waals surface area contributed by atoms with Gasteiger partial charge in [-0.2, -0.15) is 0 Å². The van der Waals surface area contributed by atoms with Gasteiger partial charge in [-0.15, -0.1) is 6.58 Å². The molecule has 0 heterocycles. The Balaban J connectivity index is 3.06. The molecule has 0 spiro atoms. The van der Waals surface area contributed by atoms with Crippen LogP contribution < -0.4 is 0 Å². The summed E-state index contributed by atoms with van der Waals surface area (Å²) in [4.78, 5) is 10.4. The number of esters is 1. The molecule has 0 aliphatic heterocycles. The third-order valence-corrected chi connectivity index (χ3v) is 0.950. The third-order valence-electron chi connectivity index (χ3n) is 0.950. The fraction of sp³-hybridized carbons (Fsp3) is 0.429. The summed E-state index contributed by atoms with van der Waals surface area (Å²) in [6, 6.07) is 0. The lowest BCUT2D eigenvalue weighted by molar-refractivity contribution is -0.138. The van der Waals surface area contributed by atoms with Crippen molar-refractivity contribution in [3.8, 4) is 0 Å². The Bertz CT molecular complexity index is 97.1. The van der Waals surface area contributed by atoms with E-state index in [2.05, 4.69) is 18.4 Å². The Hall–Kier alpha value is -0.790. The molecule has 51 valence electrons. The molecule has 0 aromatic rings. The first-order valence-corrected chi connectivity index (χ1v) is 2.87. The van der Waals surface area contributed by atoms with Gasteiger partial charge in [0.2, 0.25) is 0 Å². The minimum absolute atomic E-state index is 0.253. The fourth-order valence-corrected chi connectivity index (χ4v) is 0.463. The van der Waals surface area contributed by atoms with E-state index in [1.807, 2.05) is 0 Å². The van der Waals surface area contributed by atoms with Gasteiger partial charge >= 0.3 is 5.97 Å². The largest absolute Gasteiger partial charge is 0.462 e. The zero-order valence-electron chi connectivity index (χ0n) is 5.43. The first kappa shape index (κ1) is 8.21. The van der Waals surface area contributed by atoms with Crippen LogP contribution in [0.25, 0.3) is 0 Å². The second-order valence-corrected chi connectivity index (χ2v) is 1.70. The molecule has 2 heteroatoms. The Morgan fingerprint density at radius 3 is 2.78 bits per heavy atom. The molecule has 0 aromatic carbocycles. The van der Waals surface area contributed by atoms with Crippen LogP contribution in [-0.4, -0.2) is 5.97 Å². The van der Waals surface area contributed by atoms with Crippen LogP contribution in [0.15, 0.2) is 12.7 Å². The van der Waals surface area contributed by atoms with Gasteiger partial charge in [-0.3, -0.25) is 4.79 Å². The summed E-state index contributed by atoms with van der Waals surface area (Å²) in [6.07, 6.45) is 3.87. The Morgan fingerprint density at radius 2 is 2.33 bits per heavy atom. The zero-order chi connectivity index (χ0) is 7.11. The summed E-state index contributed by atoms with van der Waals surface area (Å²) in [5.74, 6) is -0.253. The van der Waals surface area contributed by atoms with Gasteiger partial charge in [0.05, 0.1) is 0 Å². The molecule has 0 aromatic heterocycles. The van der Waals surface area contributed by atoms with Gasteiger partial charge in [-0.25, -0.2) is 0 Å². The van der Waals surface area contributed by atoms with Gasteiger partial charge in [0, 0.05) is 6.42 Å². The molecule has 0 saturated carbocycles. The Morgan fingerprint density at radius 1 is 1.67 bits per heavy atom. The first-order valence-electron chi connectivity index (χ1n) is 2.87. The highest BCUT2D eigenvalue weighted by Crippen LogP contribution is 1.96. The summed E-state index contributed by atoms with van der Waals surface area (Å²) in [7, 11) is 2.99. The first-order chi connectivity index (χ1) is 4.31. The quantitative estimate of drug-likeness (QED) is 0.326. The molecule has 0 atom stereocenters.